The van der Waals surface area contributed by atoms with Crippen LogP contribution in [0.15, 0.2) is 28.8 Å². The fraction of sp³-hybridized carbons (Fsp3) is 0.400. The Labute approximate surface area is 116 Å². The number of nitrogens with one attached hydrogen (secondary N) is 1. The van der Waals surface area contributed by atoms with E-state index in [2.05, 4.69) is 10.5 Å². The molecular weight excluding hydrogens is 259 g/mol. The molecule has 1 aliphatic carbocycles. The minimum absolute atomic E-state index is 0.274. The van der Waals surface area contributed by atoms with E-state index in [0.717, 1.165) is 11.3 Å². The highest BCUT2D eigenvalue weighted by atomic mass is 19.1. The average molecular weight is 276 g/mol. The third-order valence-electron chi connectivity index (χ3n) is 3.17. The predicted molar refractivity (Wildman–Crippen MR) is 71.8 cm³/mol. The van der Waals surface area contributed by atoms with Gasteiger partial charge in [-0.2, -0.15) is 0 Å². The molecule has 0 amide bonds. The van der Waals surface area contributed by atoms with E-state index in [-0.39, 0.29) is 12.4 Å². The van der Waals surface area contributed by atoms with E-state index in [4.69, 9.17) is 9.26 Å². The smallest absolute Gasteiger partial charge is 0.134 e. The summed E-state index contributed by atoms with van der Waals surface area (Å²) in [6.07, 6.45) is 2.42. The van der Waals surface area contributed by atoms with E-state index < -0.39 is 0 Å². The first-order chi connectivity index (χ1) is 9.69. The van der Waals surface area contributed by atoms with Gasteiger partial charge in [-0.05, 0) is 37.5 Å². The van der Waals surface area contributed by atoms with E-state index in [9.17, 15) is 4.39 Å². The van der Waals surface area contributed by atoms with E-state index in [0.29, 0.717) is 24.0 Å². The third-order valence-corrected chi connectivity index (χ3v) is 3.17. The Morgan fingerprint density at radius 2 is 2.20 bits per heavy atom. The van der Waals surface area contributed by atoms with Crippen LogP contribution < -0.4 is 10.1 Å². The lowest BCUT2D eigenvalue weighted by Gasteiger charge is -2.08. The molecule has 0 atom stereocenters. The van der Waals surface area contributed by atoms with E-state index >= 15 is 0 Å². The Morgan fingerprint density at radius 3 is 2.90 bits per heavy atom. The second-order valence-corrected chi connectivity index (χ2v) is 5.17. The largest absolute Gasteiger partial charge is 0.487 e. The van der Waals surface area contributed by atoms with Gasteiger partial charge in [0.1, 0.15) is 29.6 Å². The number of aryl methyl sites for hydroxylation is 1. The Bertz CT molecular complexity index is 593. The van der Waals surface area contributed by atoms with Crippen molar-refractivity contribution in [2.24, 2.45) is 0 Å². The highest BCUT2D eigenvalue weighted by Gasteiger charge is 2.20. The summed E-state index contributed by atoms with van der Waals surface area (Å²) in [5, 5.41) is 7.19. The maximum absolute atomic E-state index is 13.6. The summed E-state index contributed by atoms with van der Waals surface area (Å²) < 4.78 is 24.1. The molecule has 0 saturated heterocycles. The zero-order valence-electron chi connectivity index (χ0n) is 11.4. The van der Waals surface area contributed by atoms with Crippen molar-refractivity contribution in [1.29, 1.82) is 0 Å². The highest BCUT2D eigenvalue weighted by molar-refractivity contribution is 5.30. The molecule has 1 fully saturated rings. The Hall–Kier alpha value is -1.88. The zero-order valence-corrected chi connectivity index (χ0v) is 11.4. The van der Waals surface area contributed by atoms with Gasteiger partial charge in [0, 0.05) is 24.7 Å². The first kappa shape index (κ1) is 13.1. The van der Waals surface area contributed by atoms with Crippen molar-refractivity contribution in [3.63, 3.8) is 0 Å². The van der Waals surface area contributed by atoms with Gasteiger partial charge in [0.15, 0.2) is 0 Å². The molecule has 1 N–H and O–H groups in total. The van der Waals surface area contributed by atoms with Crippen LogP contribution in [0.5, 0.6) is 5.75 Å². The maximum Gasteiger partial charge on any atom is 0.134 e. The van der Waals surface area contributed by atoms with Crippen LogP contribution in [0.4, 0.5) is 4.39 Å². The third kappa shape index (κ3) is 3.57. The molecule has 0 aliphatic heterocycles. The SMILES string of the molecule is Cc1cc(COc2cc(F)cc(CNC3CC3)c2)no1. The number of ether oxygens (including phenoxy) is 1. The van der Waals surface area contributed by atoms with Gasteiger partial charge in [-0.15, -0.1) is 0 Å². The molecule has 5 heteroatoms. The minimum Gasteiger partial charge on any atom is -0.487 e. The van der Waals surface area contributed by atoms with Gasteiger partial charge >= 0.3 is 0 Å². The van der Waals surface area contributed by atoms with Crippen molar-refractivity contribution in [3.05, 3.63) is 47.1 Å². The van der Waals surface area contributed by atoms with E-state index in [1.807, 2.05) is 13.0 Å². The molecule has 0 spiro atoms. The van der Waals surface area contributed by atoms with Crippen molar-refractivity contribution >= 4 is 0 Å². The van der Waals surface area contributed by atoms with Gasteiger partial charge in [-0.3, -0.25) is 0 Å². The van der Waals surface area contributed by atoms with Gasteiger partial charge in [-0.25, -0.2) is 4.39 Å². The first-order valence-corrected chi connectivity index (χ1v) is 6.77. The molecule has 20 heavy (non-hydrogen) atoms. The molecule has 4 nitrogen and oxygen atoms in total. The number of halogens is 1. The predicted octanol–water partition coefficient (Wildman–Crippen LogP) is 2.95. The fourth-order valence-electron chi connectivity index (χ4n) is 2.00. The molecule has 1 aliphatic rings. The molecule has 1 saturated carbocycles. The number of hydrogen-bond acceptors (Lipinski definition) is 4. The molecule has 3 rings (SSSR count). The topological polar surface area (TPSA) is 47.3 Å². The van der Waals surface area contributed by atoms with Crippen LogP contribution in [0, 0.1) is 12.7 Å². The lowest BCUT2D eigenvalue weighted by atomic mass is 10.2. The van der Waals surface area contributed by atoms with Crippen molar-refractivity contribution in [2.75, 3.05) is 0 Å². The lowest BCUT2D eigenvalue weighted by molar-refractivity contribution is 0.286. The monoisotopic (exact) mass is 276 g/mol. The van der Waals surface area contributed by atoms with Gasteiger partial charge in [0.25, 0.3) is 0 Å². The Kier molecular flexibility index (Phi) is 3.69. The van der Waals surface area contributed by atoms with E-state index in [1.165, 1.54) is 25.0 Å². The maximum atomic E-state index is 13.6. The van der Waals surface area contributed by atoms with Crippen LogP contribution >= 0.6 is 0 Å². The summed E-state index contributed by atoms with van der Waals surface area (Å²) in [4.78, 5) is 0. The number of rotatable bonds is 6. The van der Waals surface area contributed by atoms with Crippen LogP contribution in [0.3, 0.4) is 0 Å². The van der Waals surface area contributed by atoms with Gasteiger partial charge in [-0.1, -0.05) is 5.16 Å². The van der Waals surface area contributed by atoms with Crippen LogP contribution in [0.2, 0.25) is 0 Å². The molecular formula is C15H17FN2O2. The normalized spacial score (nSPS) is 14.5. The van der Waals surface area contributed by atoms with Gasteiger partial charge < -0.3 is 14.6 Å². The summed E-state index contributed by atoms with van der Waals surface area (Å²) in [5.74, 6) is 0.960. The van der Waals surface area contributed by atoms with Crippen molar-refractivity contribution < 1.29 is 13.7 Å². The van der Waals surface area contributed by atoms with Gasteiger partial charge in [0.2, 0.25) is 0 Å². The molecule has 0 radical (unpaired) electrons. The Balaban J connectivity index is 1.62. The van der Waals surface area contributed by atoms with Crippen molar-refractivity contribution in [3.8, 4) is 5.75 Å². The molecule has 0 bridgehead atoms. The van der Waals surface area contributed by atoms with Crippen LogP contribution in [0.1, 0.15) is 29.9 Å². The number of hydrogen-bond donors (Lipinski definition) is 1. The minimum atomic E-state index is -0.286. The molecule has 2 aromatic rings. The van der Waals surface area contributed by atoms with Crippen molar-refractivity contribution in [2.45, 2.75) is 39.0 Å². The standard InChI is InChI=1S/C15H17FN2O2/c1-10-4-14(18-20-10)9-19-15-6-11(5-12(16)7-15)8-17-13-2-3-13/h4-7,13,17H,2-3,8-9H2,1H3. The second-order valence-electron chi connectivity index (χ2n) is 5.17. The molecule has 1 heterocycles. The van der Waals surface area contributed by atoms with Gasteiger partial charge in [0.05, 0.1) is 0 Å². The molecule has 1 aromatic carbocycles. The molecule has 1 aromatic heterocycles. The average Bonchev–Trinajstić information content (AvgIpc) is 3.15. The second kappa shape index (κ2) is 5.63. The summed E-state index contributed by atoms with van der Waals surface area (Å²) >= 11 is 0. The number of benzene rings is 1. The lowest BCUT2D eigenvalue weighted by Crippen LogP contribution is -2.15. The number of nitrogens with zero attached hydrogens (tertiary/aromatic N) is 1. The molecule has 0 unspecified atom stereocenters. The fourth-order valence-corrected chi connectivity index (χ4v) is 2.00. The van der Waals surface area contributed by atoms with Crippen LogP contribution in [-0.2, 0) is 13.2 Å². The van der Waals surface area contributed by atoms with Crippen LogP contribution in [-0.4, -0.2) is 11.2 Å². The first-order valence-electron chi connectivity index (χ1n) is 6.77. The summed E-state index contributed by atoms with van der Waals surface area (Å²) in [7, 11) is 0. The summed E-state index contributed by atoms with van der Waals surface area (Å²) in [6.45, 7) is 2.76. The van der Waals surface area contributed by atoms with E-state index in [1.54, 1.807) is 6.07 Å². The molecule has 106 valence electrons. The summed E-state index contributed by atoms with van der Waals surface area (Å²) in [5.41, 5.74) is 1.59. The quantitative estimate of drug-likeness (QED) is 0.881. The van der Waals surface area contributed by atoms with Crippen LogP contribution in [0.25, 0.3) is 0 Å². The Morgan fingerprint density at radius 1 is 1.35 bits per heavy atom. The summed E-state index contributed by atoms with van der Waals surface area (Å²) in [6, 6.07) is 7.16. The zero-order chi connectivity index (χ0) is 13.9. The van der Waals surface area contributed by atoms with Crippen molar-refractivity contribution in [1.82, 2.24) is 10.5 Å². The number of aromatic nitrogens is 1. The highest BCUT2D eigenvalue weighted by Crippen LogP contribution is 2.21.